The van der Waals surface area contributed by atoms with Crippen molar-refractivity contribution in [3.05, 3.63) is 0 Å². The van der Waals surface area contributed by atoms with Gasteiger partial charge < -0.3 is 10.2 Å². The number of rotatable bonds is 9. The summed E-state index contributed by atoms with van der Waals surface area (Å²) >= 11 is 0. The SMILES string of the molecule is CCCNCCCCN(CC)CC. The van der Waals surface area contributed by atoms with Gasteiger partial charge >= 0.3 is 0 Å². The van der Waals surface area contributed by atoms with Crippen LogP contribution in [0.15, 0.2) is 0 Å². The molecular formula is C11H26N2. The zero-order valence-electron chi connectivity index (χ0n) is 9.60. The summed E-state index contributed by atoms with van der Waals surface area (Å²) in [4.78, 5) is 2.49. The van der Waals surface area contributed by atoms with E-state index in [0.717, 1.165) is 0 Å². The monoisotopic (exact) mass is 186 g/mol. The molecule has 0 saturated heterocycles. The van der Waals surface area contributed by atoms with Crippen LogP contribution in [-0.4, -0.2) is 37.6 Å². The third-order valence-corrected chi connectivity index (χ3v) is 2.40. The van der Waals surface area contributed by atoms with Crippen molar-refractivity contribution in [2.75, 3.05) is 32.7 Å². The third-order valence-electron chi connectivity index (χ3n) is 2.40. The number of hydrogen-bond donors (Lipinski definition) is 1. The lowest BCUT2D eigenvalue weighted by molar-refractivity contribution is 0.296. The predicted octanol–water partition coefficient (Wildman–Crippen LogP) is 2.11. The minimum atomic E-state index is 1.17. The maximum Gasteiger partial charge on any atom is -0.00185 e. The summed E-state index contributed by atoms with van der Waals surface area (Å²) in [5.41, 5.74) is 0. The second-order valence-electron chi connectivity index (χ2n) is 3.48. The van der Waals surface area contributed by atoms with Gasteiger partial charge in [-0.25, -0.2) is 0 Å². The molecule has 0 fully saturated rings. The lowest BCUT2D eigenvalue weighted by Gasteiger charge is -2.17. The van der Waals surface area contributed by atoms with Gasteiger partial charge in [-0.05, 0) is 52.0 Å². The normalized spacial score (nSPS) is 11.1. The van der Waals surface area contributed by atoms with Gasteiger partial charge in [-0.3, -0.25) is 0 Å². The summed E-state index contributed by atoms with van der Waals surface area (Å²) in [6, 6.07) is 0. The quantitative estimate of drug-likeness (QED) is 0.555. The standard InChI is InChI=1S/C11H26N2/c1-4-9-12-10-7-8-11-13(5-2)6-3/h12H,4-11H2,1-3H3. The molecule has 0 bridgehead atoms. The molecule has 1 N–H and O–H groups in total. The Bertz CT molecular complexity index is 90.1. The fourth-order valence-corrected chi connectivity index (χ4v) is 1.43. The van der Waals surface area contributed by atoms with Crippen molar-refractivity contribution in [3.63, 3.8) is 0 Å². The molecule has 0 rings (SSSR count). The lowest BCUT2D eigenvalue weighted by atomic mass is 10.3. The topological polar surface area (TPSA) is 15.3 Å². The summed E-state index contributed by atoms with van der Waals surface area (Å²) in [6.07, 6.45) is 3.89. The first-order valence-electron chi connectivity index (χ1n) is 5.78. The molecule has 0 atom stereocenters. The van der Waals surface area contributed by atoms with Crippen molar-refractivity contribution in [3.8, 4) is 0 Å². The van der Waals surface area contributed by atoms with Gasteiger partial charge in [-0.1, -0.05) is 20.8 Å². The smallest absolute Gasteiger partial charge is 0.00185 e. The Morgan fingerprint density at radius 2 is 1.62 bits per heavy atom. The maximum atomic E-state index is 3.43. The number of nitrogens with one attached hydrogen (secondary N) is 1. The van der Waals surface area contributed by atoms with Gasteiger partial charge in [0.15, 0.2) is 0 Å². The van der Waals surface area contributed by atoms with E-state index in [4.69, 9.17) is 0 Å². The van der Waals surface area contributed by atoms with E-state index in [2.05, 4.69) is 31.0 Å². The van der Waals surface area contributed by atoms with E-state index >= 15 is 0 Å². The Morgan fingerprint density at radius 3 is 2.15 bits per heavy atom. The van der Waals surface area contributed by atoms with Crippen LogP contribution in [0.3, 0.4) is 0 Å². The van der Waals surface area contributed by atoms with E-state index in [1.165, 1.54) is 52.0 Å². The molecule has 0 aromatic carbocycles. The highest BCUT2D eigenvalue weighted by Gasteiger charge is 1.97. The van der Waals surface area contributed by atoms with Crippen LogP contribution in [-0.2, 0) is 0 Å². The van der Waals surface area contributed by atoms with Crippen molar-refractivity contribution in [2.24, 2.45) is 0 Å². The van der Waals surface area contributed by atoms with Crippen molar-refractivity contribution >= 4 is 0 Å². The minimum absolute atomic E-state index is 1.17. The largest absolute Gasteiger partial charge is 0.317 e. The lowest BCUT2D eigenvalue weighted by Crippen LogP contribution is -2.25. The summed E-state index contributed by atoms with van der Waals surface area (Å²) in [7, 11) is 0. The average Bonchev–Trinajstić information content (AvgIpc) is 2.17. The fourth-order valence-electron chi connectivity index (χ4n) is 1.43. The van der Waals surface area contributed by atoms with E-state index in [1.807, 2.05) is 0 Å². The van der Waals surface area contributed by atoms with Gasteiger partial charge in [0.1, 0.15) is 0 Å². The van der Waals surface area contributed by atoms with Crippen molar-refractivity contribution in [1.82, 2.24) is 10.2 Å². The molecule has 80 valence electrons. The molecule has 2 heteroatoms. The van der Waals surface area contributed by atoms with Crippen LogP contribution in [0.25, 0.3) is 0 Å². The molecule has 0 aromatic heterocycles. The van der Waals surface area contributed by atoms with E-state index in [9.17, 15) is 0 Å². The Kier molecular flexibility index (Phi) is 9.94. The van der Waals surface area contributed by atoms with Gasteiger partial charge in [0, 0.05) is 0 Å². The number of nitrogens with zero attached hydrogens (tertiary/aromatic N) is 1. The Hall–Kier alpha value is -0.0800. The molecule has 0 radical (unpaired) electrons. The maximum absolute atomic E-state index is 3.43. The highest BCUT2D eigenvalue weighted by atomic mass is 15.1. The highest BCUT2D eigenvalue weighted by Crippen LogP contribution is 1.93. The van der Waals surface area contributed by atoms with Crippen LogP contribution < -0.4 is 5.32 Å². The molecule has 0 aliphatic rings. The average molecular weight is 186 g/mol. The van der Waals surface area contributed by atoms with Crippen LogP contribution in [0.2, 0.25) is 0 Å². The molecule has 0 heterocycles. The summed E-state index contributed by atoms with van der Waals surface area (Å²) < 4.78 is 0. The van der Waals surface area contributed by atoms with E-state index in [1.54, 1.807) is 0 Å². The van der Waals surface area contributed by atoms with Gasteiger partial charge in [-0.15, -0.1) is 0 Å². The number of unbranched alkanes of at least 4 members (excludes halogenated alkanes) is 1. The van der Waals surface area contributed by atoms with Crippen LogP contribution in [0.4, 0.5) is 0 Å². The molecule has 0 unspecified atom stereocenters. The fraction of sp³-hybridized carbons (Fsp3) is 1.00. The number of hydrogen-bond acceptors (Lipinski definition) is 2. The van der Waals surface area contributed by atoms with Gasteiger partial charge in [0.05, 0.1) is 0 Å². The Labute approximate surface area is 83.7 Å². The van der Waals surface area contributed by atoms with Crippen LogP contribution in [0, 0.1) is 0 Å². The third kappa shape index (κ3) is 8.26. The van der Waals surface area contributed by atoms with Gasteiger partial charge in [0.2, 0.25) is 0 Å². The van der Waals surface area contributed by atoms with Crippen LogP contribution in [0.1, 0.15) is 40.0 Å². The molecule has 0 aliphatic carbocycles. The summed E-state index contributed by atoms with van der Waals surface area (Å²) in [5.74, 6) is 0. The molecule has 13 heavy (non-hydrogen) atoms. The molecule has 0 aliphatic heterocycles. The molecule has 0 spiro atoms. The van der Waals surface area contributed by atoms with Gasteiger partial charge in [-0.2, -0.15) is 0 Å². The Morgan fingerprint density at radius 1 is 0.923 bits per heavy atom. The highest BCUT2D eigenvalue weighted by molar-refractivity contribution is 4.54. The molecule has 0 saturated carbocycles. The summed E-state index contributed by atoms with van der Waals surface area (Å²) in [5, 5.41) is 3.43. The minimum Gasteiger partial charge on any atom is -0.317 e. The second kappa shape index (κ2) is 10.0. The Balaban J connectivity index is 3.05. The van der Waals surface area contributed by atoms with E-state index < -0.39 is 0 Å². The van der Waals surface area contributed by atoms with Crippen molar-refractivity contribution in [2.45, 2.75) is 40.0 Å². The predicted molar refractivity (Wildman–Crippen MR) is 60.2 cm³/mol. The first kappa shape index (κ1) is 12.9. The molecular weight excluding hydrogens is 160 g/mol. The van der Waals surface area contributed by atoms with Gasteiger partial charge in [0.25, 0.3) is 0 Å². The van der Waals surface area contributed by atoms with Crippen LogP contribution >= 0.6 is 0 Å². The zero-order valence-corrected chi connectivity index (χ0v) is 9.60. The first-order chi connectivity index (χ1) is 6.35. The second-order valence-corrected chi connectivity index (χ2v) is 3.48. The van der Waals surface area contributed by atoms with E-state index in [-0.39, 0.29) is 0 Å². The van der Waals surface area contributed by atoms with E-state index in [0.29, 0.717) is 0 Å². The molecule has 0 amide bonds. The summed E-state index contributed by atoms with van der Waals surface area (Å²) in [6.45, 7) is 12.7. The van der Waals surface area contributed by atoms with Crippen LogP contribution in [0.5, 0.6) is 0 Å². The molecule has 0 aromatic rings. The van der Waals surface area contributed by atoms with Crippen molar-refractivity contribution < 1.29 is 0 Å². The molecule has 2 nitrogen and oxygen atoms in total. The first-order valence-corrected chi connectivity index (χ1v) is 5.78. The zero-order chi connectivity index (χ0) is 9.94. The van der Waals surface area contributed by atoms with Crippen molar-refractivity contribution in [1.29, 1.82) is 0 Å².